The third kappa shape index (κ3) is 5.46. The van der Waals surface area contributed by atoms with Crippen LogP contribution in [0.4, 0.5) is 16.3 Å². The molecule has 1 aromatic rings. The molecule has 0 fully saturated rings. The Balaban J connectivity index is 2.32. The second kappa shape index (κ2) is 6.26. The van der Waals surface area contributed by atoms with Gasteiger partial charge in [-0.05, 0) is 39.3 Å². The van der Waals surface area contributed by atoms with Crippen LogP contribution in [-0.4, -0.2) is 29.8 Å². The van der Waals surface area contributed by atoms with E-state index >= 15 is 0 Å². The fourth-order valence-electron chi connectivity index (χ4n) is 1.37. The number of nitrogens with zero attached hydrogens (tertiary/aromatic N) is 1. The van der Waals surface area contributed by atoms with Crippen molar-refractivity contribution in [3.05, 3.63) is 17.8 Å². The van der Waals surface area contributed by atoms with Gasteiger partial charge < -0.3 is 21.1 Å². The lowest BCUT2D eigenvalue weighted by molar-refractivity contribution is 0.0530. The van der Waals surface area contributed by atoms with Gasteiger partial charge in [0.2, 0.25) is 0 Å². The van der Waals surface area contributed by atoms with E-state index in [4.69, 9.17) is 10.5 Å². The highest BCUT2D eigenvalue weighted by molar-refractivity contribution is 5.68. The molecule has 0 saturated heterocycles. The summed E-state index contributed by atoms with van der Waals surface area (Å²) in [5.74, 6) is 0.631. The number of ether oxygens (including phenoxy) is 1. The number of rotatable bonds is 4. The highest BCUT2D eigenvalue weighted by atomic mass is 16.6. The Morgan fingerprint density at radius 3 is 2.74 bits per heavy atom. The number of nitrogens with two attached hydrogens (primary N) is 1. The number of amides is 1. The first-order valence-corrected chi connectivity index (χ1v) is 6.21. The summed E-state index contributed by atoms with van der Waals surface area (Å²) in [6.07, 6.45) is 1.26. The van der Waals surface area contributed by atoms with Crippen LogP contribution in [0.5, 0.6) is 0 Å². The number of carbonyl (C=O) groups is 1. The second-order valence-corrected chi connectivity index (χ2v) is 5.25. The molecular formula is C13H22N4O2. The fraction of sp³-hybridized carbons (Fsp3) is 0.538. The summed E-state index contributed by atoms with van der Waals surface area (Å²) in [5.41, 5.74) is 6.98. The van der Waals surface area contributed by atoms with E-state index in [0.29, 0.717) is 24.6 Å². The lowest BCUT2D eigenvalue weighted by atomic mass is 10.2. The average molecular weight is 266 g/mol. The molecule has 1 rings (SSSR count). The van der Waals surface area contributed by atoms with E-state index in [1.165, 1.54) is 0 Å². The zero-order chi connectivity index (χ0) is 14.5. The molecule has 6 nitrogen and oxygen atoms in total. The first kappa shape index (κ1) is 15.1. The SMILES string of the molecule is Cc1ccnc(NCCNC(=O)OC(C)(C)C)c1N. The van der Waals surface area contributed by atoms with Crippen molar-refractivity contribution in [2.24, 2.45) is 0 Å². The van der Waals surface area contributed by atoms with Gasteiger partial charge >= 0.3 is 6.09 Å². The van der Waals surface area contributed by atoms with Gasteiger partial charge in [0.1, 0.15) is 11.4 Å². The lowest BCUT2D eigenvalue weighted by Crippen LogP contribution is -2.35. The number of aromatic nitrogens is 1. The smallest absolute Gasteiger partial charge is 0.407 e. The molecule has 0 saturated carbocycles. The number of hydrogen-bond acceptors (Lipinski definition) is 5. The van der Waals surface area contributed by atoms with Crippen LogP contribution in [-0.2, 0) is 4.74 Å². The zero-order valence-electron chi connectivity index (χ0n) is 11.9. The second-order valence-electron chi connectivity index (χ2n) is 5.25. The van der Waals surface area contributed by atoms with Crippen molar-refractivity contribution in [2.45, 2.75) is 33.3 Å². The van der Waals surface area contributed by atoms with Gasteiger partial charge in [0.05, 0.1) is 5.69 Å². The number of anilines is 2. The Labute approximate surface area is 113 Å². The van der Waals surface area contributed by atoms with Crippen molar-refractivity contribution < 1.29 is 9.53 Å². The summed E-state index contributed by atoms with van der Waals surface area (Å²) in [7, 11) is 0. The van der Waals surface area contributed by atoms with E-state index in [9.17, 15) is 4.79 Å². The maximum atomic E-state index is 11.4. The largest absolute Gasteiger partial charge is 0.444 e. The minimum atomic E-state index is -0.486. The molecule has 1 amide bonds. The molecule has 1 heterocycles. The summed E-state index contributed by atoms with van der Waals surface area (Å²) in [6.45, 7) is 8.34. The molecule has 19 heavy (non-hydrogen) atoms. The Hall–Kier alpha value is -1.98. The van der Waals surface area contributed by atoms with Gasteiger partial charge in [-0.2, -0.15) is 0 Å². The Kier molecular flexibility index (Phi) is 4.97. The summed E-state index contributed by atoms with van der Waals surface area (Å²) < 4.78 is 5.11. The number of carbonyl (C=O) groups excluding carboxylic acids is 1. The number of aryl methyl sites for hydroxylation is 1. The number of nitrogens with one attached hydrogen (secondary N) is 2. The van der Waals surface area contributed by atoms with Crippen molar-refractivity contribution >= 4 is 17.6 Å². The summed E-state index contributed by atoms with van der Waals surface area (Å²) in [4.78, 5) is 15.5. The minimum absolute atomic E-state index is 0.431. The van der Waals surface area contributed by atoms with Crippen LogP contribution < -0.4 is 16.4 Å². The van der Waals surface area contributed by atoms with Gasteiger partial charge in [-0.3, -0.25) is 0 Å². The number of alkyl carbamates (subject to hydrolysis) is 1. The molecule has 6 heteroatoms. The normalized spacial score (nSPS) is 10.9. The molecule has 106 valence electrons. The molecule has 0 bridgehead atoms. The van der Waals surface area contributed by atoms with E-state index in [2.05, 4.69) is 15.6 Å². The maximum absolute atomic E-state index is 11.4. The maximum Gasteiger partial charge on any atom is 0.407 e. The van der Waals surface area contributed by atoms with Crippen LogP contribution >= 0.6 is 0 Å². The van der Waals surface area contributed by atoms with Crippen LogP contribution in [0.25, 0.3) is 0 Å². The molecule has 1 aromatic heterocycles. The van der Waals surface area contributed by atoms with Crippen LogP contribution in [0.15, 0.2) is 12.3 Å². The molecule has 0 unspecified atom stereocenters. The van der Waals surface area contributed by atoms with Crippen molar-refractivity contribution in [3.63, 3.8) is 0 Å². The van der Waals surface area contributed by atoms with Crippen molar-refractivity contribution in [3.8, 4) is 0 Å². The van der Waals surface area contributed by atoms with Gasteiger partial charge in [0, 0.05) is 19.3 Å². The number of pyridine rings is 1. The van der Waals surface area contributed by atoms with Crippen molar-refractivity contribution in [2.75, 3.05) is 24.1 Å². The van der Waals surface area contributed by atoms with Gasteiger partial charge in [-0.25, -0.2) is 9.78 Å². The summed E-state index contributed by atoms with van der Waals surface area (Å²) in [6, 6.07) is 1.85. The van der Waals surface area contributed by atoms with E-state index < -0.39 is 11.7 Å². The predicted molar refractivity (Wildman–Crippen MR) is 76.1 cm³/mol. The first-order valence-electron chi connectivity index (χ1n) is 6.21. The van der Waals surface area contributed by atoms with Gasteiger partial charge in [-0.15, -0.1) is 0 Å². The molecule has 4 N–H and O–H groups in total. The van der Waals surface area contributed by atoms with Crippen LogP contribution in [0.1, 0.15) is 26.3 Å². The molecule has 0 aliphatic heterocycles. The molecule has 0 spiro atoms. The zero-order valence-corrected chi connectivity index (χ0v) is 11.9. The molecule has 0 radical (unpaired) electrons. The van der Waals surface area contributed by atoms with E-state index in [1.54, 1.807) is 6.20 Å². The fourth-order valence-corrected chi connectivity index (χ4v) is 1.37. The number of nitrogen functional groups attached to an aromatic ring is 1. The Morgan fingerprint density at radius 1 is 1.42 bits per heavy atom. The topological polar surface area (TPSA) is 89.3 Å². The quantitative estimate of drug-likeness (QED) is 0.724. The van der Waals surface area contributed by atoms with Gasteiger partial charge in [0.15, 0.2) is 0 Å². The van der Waals surface area contributed by atoms with Gasteiger partial charge in [0.25, 0.3) is 0 Å². The highest BCUT2D eigenvalue weighted by Gasteiger charge is 2.15. The van der Waals surface area contributed by atoms with Crippen LogP contribution in [0.3, 0.4) is 0 Å². The average Bonchev–Trinajstić information content (AvgIpc) is 2.27. The Bertz CT molecular complexity index is 441. The van der Waals surface area contributed by atoms with E-state index in [-0.39, 0.29) is 0 Å². The third-order valence-electron chi connectivity index (χ3n) is 2.29. The molecule has 0 atom stereocenters. The van der Waals surface area contributed by atoms with Crippen LogP contribution in [0, 0.1) is 6.92 Å². The van der Waals surface area contributed by atoms with Gasteiger partial charge in [-0.1, -0.05) is 0 Å². The lowest BCUT2D eigenvalue weighted by Gasteiger charge is -2.19. The predicted octanol–water partition coefficient (Wildman–Crippen LogP) is 1.91. The number of hydrogen-bond donors (Lipinski definition) is 3. The minimum Gasteiger partial charge on any atom is -0.444 e. The standard InChI is InChI=1S/C13H22N4O2/c1-9-5-6-15-11(10(9)14)16-7-8-17-12(18)19-13(2,3)4/h5-6H,7-8,14H2,1-4H3,(H,15,16)(H,17,18). The van der Waals surface area contributed by atoms with E-state index in [0.717, 1.165) is 5.56 Å². The highest BCUT2D eigenvalue weighted by Crippen LogP contribution is 2.17. The Morgan fingerprint density at radius 2 is 2.11 bits per heavy atom. The summed E-state index contributed by atoms with van der Waals surface area (Å²) in [5, 5.41) is 5.72. The molecular weight excluding hydrogens is 244 g/mol. The van der Waals surface area contributed by atoms with Crippen LogP contribution in [0.2, 0.25) is 0 Å². The van der Waals surface area contributed by atoms with Crippen molar-refractivity contribution in [1.29, 1.82) is 0 Å². The summed E-state index contributed by atoms with van der Waals surface area (Å²) >= 11 is 0. The first-order chi connectivity index (χ1) is 8.79. The third-order valence-corrected chi connectivity index (χ3v) is 2.29. The van der Waals surface area contributed by atoms with E-state index in [1.807, 2.05) is 33.8 Å². The molecule has 0 aliphatic carbocycles. The molecule has 0 aromatic carbocycles. The monoisotopic (exact) mass is 266 g/mol. The van der Waals surface area contributed by atoms with Crippen molar-refractivity contribution in [1.82, 2.24) is 10.3 Å². The molecule has 0 aliphatic rings.